The van der Waals surface area contributed by atoms with Crippen LogP contribution in [0.25, 0.3) is 0 Å². The molecule has 0 amide bonds. The average molecular weight is 252 g/mol. The summed E-state index contributed by atoms with van der Waals surface area (Å²) in [5, 5.41) is 2.83. The van der Waals surface area contributed by atoms with E-state index in [9.17, 15) is 13.2 Å². The van der Waals surface area contributed by atoms with Crippen molar-refractivity contribution in [2.75, 3.05) is 0 Å². The summed E-state index contributed by atoms with van der Waals surface area (Å²) in [5.74, 6) is 4.94. The van der Waals surface area contributed by atoms with Gasteiger partial charge in [0.15, 0.2) is 0 Å². The maximum Gasteiger partial charge on any atom is 0.417 e. The van der Waals surface area contributed by atoms with Gasteiger partial charge < -0.3 is 11.6 Å². The van der Waals surface area contributed by atoms with Crippen molar-refractivity contribution >= 4 is 17.4 Å². The van der Waals surface area contributed by atoms with Gasteiger partial charge in [0.05, 0.1) is 10.6 Å². The average Bonchev–Trinajstić information content (AvgIpc) is 2.19. The predicted octanol–water partition coefficient (Wildman–Crippen LogP) is 2.13. The quantitative estimate of drug-likeness (QED) is 0.366. The van der Waals surface area contributed by atoms with E-state index < -0.39 is 11.7 Å². The van der Waals surface area contributed by atoms with E-state index in [-0.39, 0.29) is 17.3 Å². The second-order valence-corrected chi connectivity index (χ2v) is 3.52. The van der Waals surface area contributed by atoms with Crippen LogP contribution in [0.1, 0.15) is 11.1 Å². The number of amidine groups is 1. The van der Waals surface area contributed by atoms with Crippen LogP contribution in [-0.4, -0.2) is 5.84 Å². The fourth-order valence-corrected chi connectivity index (χ4v) is 1.38. The Balaban J connectivity index is 3.08. The van der Waals surface area contributed by atoms with Crippen LogP contribution in [-0.2, 0) is 12.6 Å². The molecule has 0 aliphatic heterocycles. The SMILES string of the molecule is NN=C(N)Cc1ccc(Cl)c(C(F)(F)F)c1. The first-order chi connectivity index (χ1) is 7.34. The van der Waals surface area contributed by atoms with E-state index in [1.165, 1.54) is 12.1 Å². The summed E-state index contributed by atoms with van der Waals surface area (Å²) in [7, 11) is 0. The fourth-order valence-electron chi connectivity index (χ4n) is 1.15. The zero-order valence-electron chi connectivity index (χ0n) is 8.05. The first-order valence-electron chi connectivity index (χ1n) is 4.22. The summed E-state index contributed by atoms with van der Waals surface area (Å²) < 4.78 is 37.4. The molecule has 88 valence electrons. The predicted molar refractivity (Wildman–Crippen MR) is 56.0 cm³/mol. The Morgan fingerprint density at radius 2 is 2.00 bits per heavy atom. The summed E-state index contributed by atoms with van der Waals surface area (Å²) in [4.78, 5) is 0. The van der Waals surface area contributed by atoms with Gasteiger partial charge in [0.25, 0.3) is 0 Å². The largest absolute Gasteiger partial charge is 0.417 e. The van der Waals surface area contributed by atoms with E-state index in [0.29, 0.717) is 5.56 Å². The van der Waals surface area contributed by atoms with Crippen molar-refractivity contribution in [1.82, 2.24) is 0 Å². The van der Waals surface area contributed by atoms with Gasteiger partial charge in [0, 0.05) is 6.42 Å². The van der Waals surface area contributed by atoms with Crippen LogP contribution >= 0.6 is 11.6 Å². The summed E-state index contributed by atoms with van der Waals surface area (Å²) >= 11 is 5.45. The molecule has 0 radical (unpaired) electrons. The molecule has 1 aromatic rings. The molecule has 0 atom stereocenters. The Hall–Kier alpha value is -1.43. The van der Waals surface area contributed by atoms with Crippen LogP contribution in [0.15, 0.2) is 23.3 Å². The Bertz CT molecular complexity index is 415. The number of benzene rings is 1. The highest BCUT2D eigenvalue weighted by Crippen LogP contribution is 2.35. The Morgan fingerprint density at radius 1 is 1.38 bits per heavy atom. The van der Waals surface area contributed by atoms with Crippen LogP contribution in [0.3, 0.4) is 0 Å². The van der Waals surface area contributed by atoms with E-state index in [0.717, 1.165) is 6.07 Å². The third-order valence-corrected chi connectivity index (χ3v) is 2.22. The summed E-state index contributed by atoms with van der Waals surface area (Å²) in [6, 6.07) is 3.54. The van der Waals surface area contributed by atoms with Crippen molar-refractivity contribution in [3.63, 3.8) is 0 Å². The standard InChI is InChI=1S/C9H9ClF3N3/c10-7-2-1-5(4-8(14)16-15)3-6(7)9(11,12)13/h1-3H,4,15H2,(H2,14,16). The molecule has 7 heteroatoms. The summed E-state index contributed by atoms with van der Waals surface area (Å²) in [5.41, 5.74) is 4.77. The van der Waals surface area contributed by atoms with Crippen LogP contribution < -0.4 is 11.6 Å². The summed E-state index contributed by atoms with van der Waals surface area (Å²) in [6.07, 6.45) is -4.43. The van der Waals surface area contributed by atoms with Crippen molar-refractivity contribution in [2.45, 2.75) is 12.6 Å². The number of hydrazone groups is 1. The number of nitrogens with two attached hydrogens (primary N) is 2. The number of rotatable bonds is 2. The molecule has 3 nitrogen and oxygen atoms in total. The van der Waals surface area contributed by atoms with E-state index >= 15 is 0 Å². The maximum atomic E-state index is 12.5. The van der Waals surface area contributed by atoms with E-state index in [1.807, 2.05) is 0 Å². The van der Waals surface area contributed by atoms with Crippen molar-refractivity contribution in [1.29, 1.82) is 0 Å². The number of halogens is 4. The molecule has 0 aliphatic carbocycles. The molecule has 0 aromatic heterocycles. The lowest BCUT2D eigenvalue weighted by molar-refractivity contribution is -0.137. The van der Waals surface area contributed by atoms with Crippen molar-refractivity contribution in [3.8, 4) is 0 Å². The minimum absolute atomic E-state index is 0.0513. The highest BCUT2D eigenvalue weighted by Gasteiger charge is 2.33. The van der Waals surface area contributed by atoms with Gasteiger partial charge in [-0.3, -0.25) is 0 Å². The monoisotopic (exact) mass is 251 g/mol. The normalized spacial score (nSPS) is 12.9. The van der Waals surface area contributed by atoms with Crippen LogP contribution in [0, 0.1) is 0 Å². The van der Waals surface area contributed by atoms with Gasteiger partial charge in [-0.2, -0.15) is 18.3 Å². The molecule has 1 aromatic carbocycles. The van der Waals surface area contributed by atoms with Gasteiger partial charge in [-0.1, -0.05) is 17.7 Å². The van der Waals surface area contributed by atoms with Crippen molar-refractivity contribution < 1.29 is 13.2 Å². The molecule has 0 unspecified atom stereocenters. The van der Waals surface area contributed by atoms with E-state index in [1.54, 1.807) is 0 Å². The van der Waals surface area contributed by atoms with E-state index in [2.05, 4.69) is 5.10 Å². The van der Waals surface area contributed by atoms with Crippen LogP contribution in [0.2, 0.25) is 5.02 Å². The van der Waals surface area contributed by atoms with Gasteiger partial charge in [0.1, 0.15) is 5.84 Å². The lowest BCUT2D eigenvalue weighted by Gasteiger charge is -2.10. The molecule has 0 fully saturated rings. The van der Waals surface area contributed by atoms with Gasteiger partial charge in [-0.15, -0.1) is 0 Å². The van der Waals surface area contributed by atoms with Crippen molar-refractivity contribution in [2.24, 2.45) is 16.7 Å². The lowest BCUT2D eigenvalue weighted by atomic mass is 10.1. The lowest BCUT2D eigenvalue weighted by Crippen LogP contribution is -2.17. The minimum Gasteiger partial charge on any atom is -0.385 e. The second-order valence-electron chi connectivity index (χ2n) is 3.11. The zero-order valence-corrected chi connectivity index (χ0v) is 8.81. The molecule has 0 aliphatic rings. The molecule has 1 rings (SSSR count). The highest BCUT2D eigenvalue weighted by molar-refractivity contribution is 6.31. The van der Waals surface area contributed by atoms with Crippen LogP contribution in [0.5, 0.6) is 0 Å². The molecule has 4 N–H and O–H groups in total. The second kappa shape index (κ2) is 4.61. The molecular weight excluding hydrogens is 243 g/mol. The minimum atomic E-state index is -4.48. The molecule has 0 saturated carbocycles. The maximum absolute atomic E-state index is 12.5. The molecular formula is C9H9ClF3N3. The molecule has 0 saturated heterocycles. The van der Waals surface area contributed by atoms with Gasteiger partial charge in [-0.25, -0.2) is 0 Å². The van der Waals surface area contributed by atoms with Crippen molar-refractivity contribution in [3.05, 3.63) is 34.3 Å². The van der Waals surface area contributed by atoms with E-state index in [4.69, 9.17) is 23.2 Å². The number of nitrogens with zero attached hydrogens (tertiary/aromatic N) is 1. The van der Waals surface area contributed by atoms with Gasteiger partial charge in [-0.05, 0) is 17.7 Å². The fraction of sp³-hybridized carbons (Fsp3) is 0.222. The Kier molecular flexibility index (Phi) is 3.64. The molecule has 16 heavy (non-hydrogen) atoms. The third-order valence-electron chi connectivity index (χ3n) is 1.89. The first kappa shape index (κ1) is 12.6. The first-order valence-corrected chi connectivity index (χ1v) is 4.60. The summed E-state index contributed by atoms with van der Waals surface area (Å²) in [6.45, 7) is 0. The molecule has 0 heterocycles. The van der Waals surface area contributed by atoms with Gasteiger partial charge in [0.2, 0.25) is 0 Å². The zero-order chi connectivity index (χ0) is 12.3. The third kappa shape index (κ3) is 3.03. The van der Waals surface area contributed by atoms with Crippen LogP contribution in [0.4, 0.5) is 13.2 Å². The number of hydrogen-bond donors (Lipinski definition) is 2. The van der Waals surface area contributed by atoms with Gasteiger partial charge >= 0.3 is 6.18 Å². The molecule has 0 bridgehead atoms. The molecule has 0 spiro atoms. The number of alkyl halides is 3. The Morgan fingerprint density at radius 3 is 2.50 bits per heavy atom. The Labute approximate surface area is 94.9 Å². The number of hydrogen-bond acceptors (Lipinski definition) is 2. The highest BCUT2D eigenvalue weighted by atomic mass is 35.5. The topological polar surface area (TPSA) is 64.4 Å². The smallest absolute Gasteiger partial charge is 0.385 e.